The van der Waals surface area contributed by atoms with E-state index in [1.807, 2.05) is 61.5 Å². The van der Waals surface area contributed by atoms with E-state index in [-0.39, 0.29) is 6.04 Å². The lowest BCUT2D eigenvalue weighted by atomic mass is 9.95. The summed E-state index contributed by atoms with van der Waals surface area (Å²) in [5.74, 6) is 0. The molecule has 0 saturated carbocycles. The van der Waals surface area contributed by atoms with Crippen LogP contribution < -0.4 is 5.32 Å². The van der Waals surface area contributed by atoms with E-state index in [1.54, 1.807) is 11.0 Å². The third-order valence-corrected chi connectivity index (χ3v) is 4.15. The third kappa shape index (κ3) is 3.67. The smallest absolute Gasteiger partial charge is 0.143 e. The van der Waals surface area contributed by atoms with Gasteiger partial charge in [-0.15, -0.1) is 5.10 Å². The van der Waals surface area contributed by atoms with Gasteiger partial charge < -0.3 is 10.4 Å². The number of hydrogen-bond acceptors (Lipinski definition) is 5. The summed E-state index contributed by atoms with van der Waals surface area (Å²) in [6.07, 6.45) is 1.56. The Labute approximate surface area is 141 Å². The van der Waals surface area contributed by atoms with Crippen molar-refractivity contribution in [3.63, 3.8) is 0 Å². The maximum atomic E-state index is 10.7. The molecule has 1 aromatic heterocycles. The summed E-state index contributed by atoms with van der Waals surface area (Å²) in [6, 6.07) is 17.8. The summed E-state index contributed by atoms with van der Waals surface area (Å²) in [5, 5.41) is 25.2. The topological polar surface area (TPSA) is 75.9 Å². The number of nitrogens with one attached hydrogen (secondary N) is 1. The Morgan fingerprint density at radius 3 is 2.46 bits per heavy atom. The van der Waals surface area contributed by atoms with Crippen LogP contribution in [0.3, 0.4) is 0 Å². The van der Waals surface area contributed by atoms with Gasteiger partial charge in [0.05, 0.1) is 11.3 Å². The Bertz CT molecular complexity index is 754. The van der Waals surface area contributed by atoms with Crippen LogP contribution in [0.25, 0.3) is 5.69 Å². The number of tetrazole rings is 1. The maximum absolute atomic E-state index is 10.7. The van der Waals surface area contributed by atoms with Gasteiger partial charge in [0, 0.05) is 12.6 Å². The molecule has 3 rings (SSSR count). The molecular formula is C18H21N5O. The highest BCUT2D eigenvalue weighted by Gasteiger charge is 2.23. The summed E-state index contributed by atoms with van der Waals surface area (Å²) < 4.78 is 1.61. The zero-order valence-corrected chi connectivity index (χ0v) is 13.8. The number of benzene rings is 2. The first-order valence-corrected chi connectivity index (χ1v) is 7.91. The first kappa shape index (κ1) is 16.3. The van der Waals surface area contributed by atoms with Crippen LogP contribution in [0.5, 0.6) is 0 Å². The molecule has 6 nitrogen and oxygen atoms in total. The van der Waals surface area contributed by atoms with Crippen molar-refractivity contribution in [1.29, 1.82) is 0 Å². The fourth-order valence-corrected chi connectivity index (χ4v) is 2.56. The molecule has 24 heavy (non-hydrogen) atoms. The average Bonchev–Trinajstić information content (AvgIpc) is 3.15. The molecule has 2 N–H and O–H groups in total. The molecule has 2 atom stereocenters. The molecule has 0 amide bonds. The van der Waals surface area contributed by atoms with Gasteiger partial charge in [-0.25, -0.2) is 4.68 Å². The predicted octanol–water partition coefficient (Wildman–Crippen LogP) is 2.22. The van der Waals surface area contributed by atoms with Gasteiger partial charge in [-0.05, 0) is 47.5 Å². The highest BCUT2D eigenvalue weighted by Crippen LogP contribution is 2.21. The lowest BCUT2D eigenvalue weighted by Crippen LogP contribution is -2.36. The van der Waals surface area contributed by atoms with Crippen LogP contribution in [0.2, 0.25) is 0 Å². The van der Waals surface area contributed by atoms with E-state index in [4.69, 9.17) is 0 Å². The van der Waals surface area contributed by atoms with Gasteiger partial charge in [0.15, 0.2) is 0 Å². The zero-order chi connectivity index (χ0) is 17.0. The molecule has 124 valence electrons. The Kier molecular flexibility index (Phi) is 4.69. The quantitative estimate of drug-likeness (QED) is 0.727. The van der Waals surface area contributed by atoms with Crippen molar-refractivity contribution < 1.29 is 5.11 Å². The van der Waals surface area contributed by atoms with Gasteiger partial charge in [-0.3, -0.25) is 0 Å². The van der Waals surface area contributed by atoms with Gasteiger partial charge in [0.2, 0.25) is 0 Å². The molecule has 0 fully saturated rings. The summed E-state index contributed by atoms with van der Waals surface area (Å²) in [7, 11) is 0. The second kappa shape index (κ2) is 6.90. The van der Waals surface area contributed by atoms with E-state index in [9.17, 15) is 5.11 Å². The molecule has 0 saturated heterocycles. The number of hydrogen-bond donors (Lipinski definition) is 2. The maximum Gasteiger partial charge on any atom is 0.143 e. The number of nitrogens with zero attached hydrogens (tertiary/aromatic N) is 4. The summed E-state index contributed by atoms with van der Waals surface area (Å²) in [6.45, 7) is 4.36. The molecule has 1 heterocycles. The molecule has 2 unspecified atom stereocenters. The summed E-state index contributed by atoms with van der Waals surface area (Å²) in [4.78, 5) is 0. The minimum atomic E-state index is -0.915. The van der Waals surface area contributed by atoms with E-state index < -0.39 is 5.60 Å². The number of aromatic nitrogens is 4. The number of rotatable bonds is 6. The predicted molar refractivity (Wildman–Crippen MR) is 91.6 cm³/mol. The molecule has 3 aromatic rings. The van der Waals surface area contributed by atoms with Gasteiger partial charge in [-0.1, -0.05) is 42.5 Å². The first-order chi connectivity index (χ1) is 11.6. The minimum Gasteiger partial charge on any atom is -0.384 e. The van der Waals surface area contributed by atoms with Crippen LogP contribution in [-0.4, -0.2) is 31.9 Å². The Balaban J connectivity index is 1.64. The molecule has 2 aromatic carbocycles. The average molecular weight is 323 g/mol. The third-order valence-electron chi connectivity index (χ3n) is 4.15. The molecule has 6 heteroatoms. The molecule has 0 aliphatic rings. The molecule has 0 aliphatic heterocycles. The lowest BCUT2D eigenvalue weighted by molar-refractivity contribution is 0.0543. The zero-order valence-electron chi connectivity index (χ0n) is 13.8. The standard InChI is InChI=1S/C18H21N5O/c1-14(19-12-18(2,24)16-6-4-3-5-7-16)15-8-10-17(11-9-15)23-13-20-21-22-23/h3-11,13-14,19,24H,12H2,1-2H3. The summed E-state index contributed by atoms with van der Waals surface area (Å²) in [5.41, 5.74) is 2.03. The molecule has 0 spiro atoms. The van der Waals surface area contributed by atoms with Crippen LogP contribution in [0.4, 0.5) is 0 Å². The summed E-state index contributed by atoms with van der Waals surface area (Å²) >= 11 is 0. The normalized spacial score (nSPS) is 15.0. The van der Waals surface area contributed by atoms with Crippen LogP contribution in [0, 0.1) is 0 Å². The van der Waals surface area contributed by atoms with Crippen molar-refractivity contribution in [2.75, 3.05) is 6.54 Å². The van der Waals surface area contributed by atoms with Gasteiger partial charge in [-0.2, -0.15) is 0 Å². The van der Waals surface area contributed by atoms with Crippen molar-refractivity contribution in [3.05, 3.63) is 72.1 Å². The van der Waals surface area contributed by atoms with E-state index in [1.165, 1.54) is 0 Å². The van der Waals surface area contributed by atoms with E-state index >= 15 is 0 Å². The van der Waals surface area contributed by atoms with Crippen molar-refractivity contribution in [2.24, 2.45) is 0 Å². The lowest BCUT2D eigenvalue weighted by Gasteiger charge is -2.26. The Morgan fingerprint density at radius 2 is 1.83 bits per heavy atom. The minimum absolute atomic E-state index is 0.114. The molecule has 0 radical (unpaired) electrons. The van der Waals surface area contributed by atoms with Gasteiger partial charge in [0.25, 0.3) is 0 Å². The van der Waals surface area contributed by atoms with Crippen LogP contribution >= 0.6 is 0 Å². The van der Waals surface area contributed by atoms with Crippen molar-refractivity contribution in [2.45, 2.75) is 25.5 Å². The fourth-order valence-electron chi connectivity index (χ4n) is 2.56. The van der Waals surface area contributed by atoms with E-state index in [0.29, 0.717) is 6.54 Å². The fraction of sp³-hybridized carbons (Fsp3) is 0.278. The van der Waals surface area contributed by atoms with E-state index in [2.05, 4.69) is 27.8 Å². The first-order valence-electron chi connectivity index (χ1n) is 7.91. The molecular weight excluding hydrogens is 302 g/mol. The monoisotopic (exact) mass is 323 g/mol. The second-order valence-corrected chi connectivity index (χ2v) is 6.09. The highest BCUT2D eigenvalue weighted by atomic mass is 16.3. The van der Waals surface area contributed by atoms with Crippen LogP contribution in [0.1, 0.15) is 31.0 Å². The molecule has 0 bridgehead atoms. The largest absolute Gasteiger partial charge is 0.384 e. The second-order valence-electron chi connectivity index (χ2n) is 6.09. The van der Waals surface area contributed by atoms with Crippen molar-refractivity contribution >= 4 is 0 Å². The van der Waals surface area contributed by atoms with Gasteiger partial charge in [0.1, 0.15) is 6.33 Å². The molecule has 0 aliphatic carbocycles. The SMILES string of the molecule is CC(NCC(C)(O)c1ccccc1)c1ccc(-n2cnnn2)cc1. The van der Waals surface area contributed by atoms with Crippen molar-refractivity contribution in [3.8, 4) is 5.69 Å². The Morgan fingerprint density at radius 1 is 1.12 bits per heavy atom. The highest BCUT2D eigenvalue weighted by molar-refractivity contribution is 5.34. The Hall–Kier alpha value is -2.57. The van der Waals surface area contributed by atoms with Crippen LogP contribution in [0.15, 0.2) is 60.9 Å². The van der Waals surface area contributed by atoms with Crippen LogP contribution in [-0.2, 0) is 5.60 Å². The van der Waals surface area contributed by atoms with E-state index in [0.717, 1.165) is 16.8 Å². The van der Waals surface area contributed by atoms with Gasteiger partial charge >= 0.3 is 0 Å². The van der Waals surface area contributed by atoms with Crippen molar-refractivity contribution in [1.82, 2.24) is 25.5 Å². The number of aliphatic hydroxyl groups is 1.